The summed E-state index contributed by atoms with van der Waals surface area (Å²) in [4.78, 5) is 26.5. The minimum absolute atomic E-state index is 0.0637. The molecule has 1 atom stereocenters. The fourth-order valence-corrected chi connectivity index (χ4v) is 3.16. The molecule has 1 unspecified atom stereocenters. The van der Waals surface area contributed by atoms with Gasteiger partial charge in [0.2, 0.25) is 11.8 Å². The summed E-state index contributed by atoms with van der Waals surface area (Å²) in [5.41, 5.74) is 0.666. The highest BCUT2D eigenvalue weighted by atomic mass is 16.5. The number of likely N-dealkylation sites (tertiary alicyclic amines) is 1. The van der Waals surface area contributed by atoms with Crippen LogP contribution in [0, 0.1) is 0 Å². The standard InChI is InChI=1S/C18H24N2O4/c1-2-5-17(21)20-9-3-6-14(20)18(22)19-13-7-8-15-16(12-13)24-11-4-10-23-15/h7-8,12,14H,2-6,9-11H2,1H3,(H,19,22). The Kier molecular flexibility index (Phi) is 5.23. The number of nitrogens with zero attached hydrogens (tertiary/aromatic N) is 1. The quantitative estimate of drug-likeness (QED) is 0.920. The lowest BCUT2D eigenvalue weighted by Gasteiger charge is -2.24. The van der Waals surface area contributed by atoms with E-state index in [0.29, 0.717) is 49.8 Å². The maximum absolute atomic E-state index is 12.6. The Morgan fingerprint density at radius 2 is 2.00 bits per heavy atom. The lowest BCUT2D eigenvalue weighted by atomic mass is 10.2. The van der Waals surface area contributed by atoms with E-state index in [4.69, 9.17) is 9.47 Å². The molecule has 1 saturated heterocycles. The molecule has 6 nitrogen and oxygen atoms in total. The van der Waals surface area contributed by atoms with E-state index in [-0.39, 0.29) is 17.9 Å². The summed E-state index contributed by atoms with van der Waals surface area (Å²) in [6.45, 7) is 3.88. The SMILES string of the molecule is CCCC(=O)N1CCCC1C(=O)Nc1ccc2c(c1)OCCCO2. The van der Waals surface area contributed by atoms with Crippen LogP contribution in [0.5, 0.6) is 11.5 Å². The molecular weight excluding hydrogens is 308 g/mol. The maximum atomic E-state index is 12.6. The molecule has 2 heterocycles. The molecule has 1 aromatic carbocycles. The van der Waals surface area contributed by atoms with E-state index in [2.05, 4.69) is 5.32 Å². The third-order valence-electron chi connectivity index (χ3n) is 4.35. The minimum atomic E-state index is -0.375. The van der Waals surface area contributed by atoms with Gasteiger partial charge in [-0.2, -0.15) is 0 Å². The first-order valence-electron chi connectivity index (χ1n) is 8.69. The molecule has 2 aliphatic rings. The van der Waals surface area contributed by atoms with Crippen molar-refractivity contribution in [2.45, 2.75) is 45.1 Å². The van der Waals surface area contributed by atoms with Gasteiger partial charge in [0.1, 0.15) is 6.04 Å². The zero-order chi connectivity index (χ0) is 16.9. The van der Waals surface area contributed by atoms with E-state index >= 15 is 0 Å². The van der Waals surface area contributed by atoms with Crippen molar-refractivity contribution in [1.29, 1.82) is 0 Å². The Labute approximate surface area is 142 Å². The van der Waals surface area contributed by atoms with Gasteiger partial charge in [-0.15, -0.1) is 0 Å². The van der Waals surface area contributed by atoms with E-state index in [1.165, 1.54) is 0 Å². The number of amides is 2. The van der Waals surface area contributed by atoms with Gasteiger partial charge in [-0.3, -0.25) is 9.59 Å². The molecule has 3 rings (SSSR count). The minimum Gasteiger partial charge on any atom is -0.490 e. The molecular formula is C18H24N2O4. The highest BCUT2D eigenvalue weighted by Gasteiger charge is 2.33. The molecule has 0 saturated carbocycles. The van der Waals surface area contributed by atoms with Crippen molar-refractivity contribution in [3.05, 3.63) is 18.2 Å². The molecule has 130 valence electrons. The second-order valence-electron chi connectivity index (χ2n) is 6.20. The van der Waals surface area contributed by atoms with Gasteiger partial charge in [0.15, 0.2) is 11.5 Å². The van der Waals surface area contributed by atoms with Crippen molar-refractivity contribution in [3.63, 3.8) is 0 Å². The predicted octanol–water partition coefficient (Wildman–Crippen LogP) is 2.58. The molecule has 6 heteroatoms. The van der Waals surface area contributed by atoms with Crippen molar-refractivity contribution < 1.29 is 19.1 Å². The number of carbonyl (C=O) groups is 2. The molecule has 2 aliphatic heterocycles. The zero-order valence-electron chi connectivity index (χ0n) is 14.0. The van der Waals surface area contributed by atoms with Crippen LogP contribution in [0.1, 0.15) is 39.0 Å². The number of carbonyl (C=O) groups excluding carboxylic acids is 2. The van der Waals surface area contributed by atoms with Crippen LogP contribution in [-0.2, 0) is 9.59 Å². The first-order valence-corrected chi connectivity index (χ1v) is 8.69. The van der Waals surface area contributed by atoms with Crippen LogP contribution >= 0.6 is 0 Å². The fraction of sp³-hybridized carbons (Fsp3) is 0.556. The summed E-state index contributed by atoms with van der Waals surface area (Å²) in [6.07, 6.45) is 3.72. The average Bonchev–Trinajstić information content (AvgIpc) is 2.95. The number of hydrogen-bond acceptors (Lipinski definition) is 4. The van der Waals surface area contributed by atoms with Crippen LogP contribution in [0.3, 0.4) is 0 Å². The Bertz CT molecular complexity index is 617. The number of nitrogens with one attached hydrogen (secondary N) is 1. The Balaban J connectivity index is 1.68. The molecule has 0 bridgehead atoms. The van der Waals surface area contributed by atoms with Crippen molar-refractivity contribution in [2.24, 2.45) is 0 Å². The smallest absolute Gasteiger partial charge is 0.247 e. The number of fused-ring (bicyclic) bond motifs is 1. The van der Waals surface area contributed by atoms with Crippen LogP contribution in [-0.4, -0.2) is 42.5 Å². The largest absolute Gasteiger partial charge is 0.490 e. The van der Waals surface area contributed by atoms with E-state index in [9.17, 15) is 9.59 Å². The molecule has 1 N–H and O–H groups in total. The number of anilines is 1. The van der Waals surface area contributed by atoms with Crippen LogP contribution in [0.4, 0.5) is 5.69 Å². The molecule has 0 radical (unpaired) electrons. The van der Waals surface area contributed by atoms with Gasteiger partial charge < -0.3 is 19.7 Å². The van der Waals surface area contributed by atoms with E-state index < -0.39 is 0 Å². The zero-order valence-corrected chi connectivity index (χ0v) is 14.0. The second-order valence-corrected chi connectivity index (χ2v) is 6.20. The highest BCUT2D eigenvalue weighted by Crippen LogP contribution is 2.32. The topological polar surface area (TPSA) is 67.9 Å². The van der Waals surface area contributed by atoms with Crippen LogP contribution in [0.15, 0.2) is 18.2 Å². The van der Waals surface area contributed by atoms with Gasteiger partial charge in [-0.25, -0.2) is 0 Å². The Hall–Kier alpha value is -2.24. The van der Waals surface area contributed by atoms with E-state index in [1.807, 2.05) is 13.0 Å². The van der Waals surface area contributed by atoms with Crippen molar-refractivity contribution in [1.82, 2.24) is 4.90 Å². The summed E-state index contributed by atoms with van der Waals surface area (Å²) >= 11 is 0. The second kappa shape index (κ2) is 7.55. The molecule has 0 aliphatic carbocycles. The molecule has 2 amide bonds. The predicted molar refractivity (Wildman–Crippen MR) is 90.3 cm³/mol. The van der Waals surface area contributed by atoms with Crippen LogP contribution in [0.25, 0.3) is 0 Å². The summed E-state index contributed by atoms with van der Waals surface area (Å²) in [5.74, 6) is 1.28. The Morgan fingerprint density at radius 1 is 1.21 bits per heavy atom. The highest BCUT2D eigenvalue weighted by molar-refractivity contribution is 5.97. The Morgan fingerprint density at radius 3 is 2.79 bits per heavy atom. The van der Waals surface area contributed by atoms with Crippen molar-refractivity contribution in [2.75, 3.05) is 25.1 Å². The molecule has 0 aromatic heterocycles. The lowest BCUT2D eigenvalue weighted by molar-refractivity contribution is -0.136. The fourth-order valence-electron chi connectivity index (χ4n) is 3.16. The average molecular weight is 332 g/mol. The van der Waals surface area contributed by atoms with Crippen LogP contribution in [0.2, 0.25) is 0 Å². The third kappa shape index (κ3) is 3.63. The number of ether oxygens (including phenoxy) is 2. The normalized spacial score (nSPS) is 19.7. The molecule has 0 spiro atoms. The third-order valence-corrected chi connectivity index (χ3v) is 4.35. The van der Waals surface area contributed by atoms with Crippen LogP contribution < -0.4 is 14.8 Å². The summed E-state index contributed by atoms with van der Waals surface area (Å²) < 4.78 is 11.2. The first-order chi connectivity index (χ1) is 11.7. The van der Waals surface area contributed by atoms with Gasteiger partial charge in [-0.1, -0.05) is 6.92 Å². The summed E-state index contributed by atoms with van der Waals surface area (Å²) in [5, 5.41) is 2.91. The summed E-state index contributed by atoms with van der Waals surface area (Å²) in [7, 11) is 0. The molecule has 1 aromatic rings. The first kappa shape index (κ1) is 16.6. The number of hydrogen-bond donors (Lipinski definition) is 1. The van der Waals surface area contributed by atoms with Crippen molar-refractivity contribution >= 4 is 17.5 Å². The molecule has 24 heavy (non-hydrogen) atoms. The maximum Gasteiger partial charge on any atom is 0.247 e. The van der Waals surface area contributed by atoms with Gasteiger partial charge in [0.05, 0.1) is 13.2 Å². The lowest BCUT2D eigenvalue weighted by Crippen LogP contribution is -2.43. The summed E-state index contributed by atoms with van der Waals surface area (Å²) in [6, 6.07) is 5.02. The van der Waals surface area contributed by atoms with Gasteiger partial charge >= 0.3 is 0 Å². The van der Waals surface area contributed by atoms with Crippen molar-refractivity contribution in [3.8, 4) is 11.5 Å². The molecule has 1 fully saturated rings. The van der Waals surface area contributed by atoms with E-state index in [0.717, 1.165) is 19.3 Å². The number of rotatable bonds is 4. The van der Waals surface area contributed by atoms with Gasteiger partial charge in [0.25, 0.3) is 0 Å². The van der Waals surface area contributed by atoms with Gasteiger partial charge in [0, 0.05) is 31.1 Å². The monoisotopic (exact) mass is 332 g/mol. The van der Waals surface area contributed by atoms with E-state index in [1.54, 1.807) is 17.0 Å². The number of benzene rings is 1. The van der Waals surface area contributed by atoms with Gasteiger partial charge in [-0.05, 0) is 31.4 Å².